The molecule has 0 aromatic heterocycles. The van der Waals surface area contributed by atoms with Crippen LogP contribution in [0, 0.1) is 12.7 Å². The predicted octanol–water partition coefficient (Wildman–Crippen LogP) is 2.52. The Bertz CT molecular complexity index is 350. The Morgan fingerprint density at radius 1 is 1.54 bits per heavy atom. The van der Waals surface area contributed by atoms with Gasteiger partial charge in [0.25, 0.3) is 5.24 Å². The molecule has 0 aliphatic rings. The lowest BCUT2D eigenvalue weighted by Gasteiger charge is -2.08. The molecule has 13 heavy (non-hydrogen) atoms. The van der Waals surface area contributed by atoms with E-state index >= 15 is 0 Å². The number of hydrogen-bond donors (Lipinski definition) is 0. The van der Waals surface area contributed by atoms with Crippen LogP contribution in [-0.4, -0.2) is 12.4 Å². The van der Waals surface area contributed by atoms with Gasteiger partial charge in [-0.1, -0.05) is 6.07 Å². The van der Waals surface area contributed by atoms with Crippen LogP contribution in [0.25, 0.3) is 0 Å². The van der Waals surface area contributed by atoms with Gasteiger partial charge in [0.05, 0.1) is 7.11 Å². The van der Waals surface area contributed by atoms with E-state index < -0.39 is 11.1 Å². The average molecular weight is 203 g/mol. The van der Waals surface area contributed by atoms with E-state index in [0.29, 0.717) is 5.56 Å². The first-order valence-corrected chi connectivity index (χ1v) is 3.98. The van der Waals surface area contributed by atoms with Crippen LogP contribution in [0.3, 0.4) is 0 Å². The van der Waals surface area contributed by atoms with E-state index in [1.807, 2.05) is 0 Å². The van der Waals surface area contributed by atoms with E-state index in [1.54, 1.807) is 6.92 Å². The van der Waals surface area contributed by atoms with Crippen molar-refractivity contribution in [3.63, 3.8) is 0 Å². The third kappa shape index (κ3) is 1.80. The lowest BCUT2D eigenvalue weighted by atomic mass is 10.1. The van der Waals surface area contributed by atoms with Gasteiger partial charge in [0.1, 0.15) is 17.1 Å². The monoisotopic (exact) mass is 202 g/mol. The van der Waals surface area contributed by atoms with Crippen LogP contribution in [0.1, 0.15) is 15.9 Å². The zero-order chi connectivity index (χ0) is 10.0. The molecule has 1 rings (SSSR count). The minimum Gasteiger partial charge on any atom is -0.496 e. The van der Waals surface area contributed by atoms with Crippen molar-refractivity contribution in [2.24, 2.45) is 0 Å². The number of benzene rings is 1. The van der Waals surface area contributed by atoms with Gasteiger partial charge >= 0.3 is 0 Å². The number of carbonyl (C=O) groups excluding carboxylic acids is 1. The van der Waals surface area contributed by atoms with Crippen LogP contribution in [0.15, 0.2) is 12.1 Å². The molecule has 0 aliphatic heterocycles. The first kappa shape index (κ1) is 9.99. The van der Waals surface area contributed by atoms with Gasteiger partial charge < -0.3 is 4.74 Å². The summed E-state index contributed by atoms with van der Waals surface area (Å²) < 4.78 is 18.0. The molecule has 0 spiro atoms. The topological polar surface area (TPSA) is 26.3 Å². The molecule has 1 aromatic rings. The number of halogens is 2. The molecular weight excluding hydrogens is 195 g/mol. The first-order valence-electron chi connectivity index (χ1n) is 3.61. The predicted molar refractivity (Wildman–Crippen MR) is 47.9 cm³/mol. The molecular formula is C9H8ClFO2. The lowest BCUT2D eigenvalue weighted by molar-refractivity contribution is 0.107. The van der Waals surface area contributed by atoms with Gasteiger partial charge in [0.2, 0.25) is 0 Å². The molecule has 0 unspecified atom stereocenters. The maximum Gasteiger partial charge on any atom is 0.259 e. The van der Waals surface area contributed by atoms with Crippen LogP contribution in [0.4, 0.5) is 4.39 Å². The van der Waals surface area contributed by atoms with E-state index in [9.17, 15) is 9.18 Å². The van der Waals surface area contributed by atoms with Gasteiger partial charge in [-0.25, -0.2) is 4.39 Å². The van der Waals surface area contributed by atoms with Crippen molar-refractivity contribution in [3.05, 3.63) is 29.1 Å². The van der Waals surface area contributed by atoms with E-state index in [2.05, 4.69) is 0 Å². The minimum atomic E-state index is -0.849. The summed E-state index contributed by atoms with van der Waals surface area (Å²) in [5, 5.41) is -0.849. The number of methoxy groups -OCH3 is 1. The number of ether oxygens (including phenoxy) is 1. The van der Waals surface area contributed by atoms with E-state index in [1.165, 1.54) is 19.2 Å². The van der Waals surface area contributed by atoms with E-state index in [-0.39, 0.29) is 11.3 Å². The Morgan fingerprint density at radius 2 is 2.15 bits per heavy atom. The summed E-state index contributed by atoms with van der Waals surface area (Å²) in [6, 6.07) is 2.71. The summed E-state index contributed by atoms with van der Waals surface area (Å²) in [5.41, 5.74) is 0.470. The van der Waals surface area contributed by atoms with Gasteiger partial charge in [-0.2, -0.15) is 0 Å². The van der Waals surface area contributed by atoms with Crippen molar-refractivity contribution < 1.29 is 13.9 Å². The Kier molecular flexibility index (Phi) is 2.88. The van der Waals surface area contributed by atoms with Crippen LogP contribution in [-0.2, 0) is 0 Å². The molecule has 0 N–H and O–H groups in total. The highest BCUT2D eigenvalue weighted by atomic mass is 35.5. The number of hydrogen-bond acceptors (Lipinski definition) is 2. The van der Waals surface area contributed by atoms with Crippen molar-refractivity contribution in [1.82, 2.24) is 0 Å². The van der Waals surface area contributed by atoms with Gasteiger partial charge in [-0.15, -0.1) is 0 Å². The van der Waals surface area contributed by atoms with Crippen LogP contribution < -0.4 is 4.74 Å². The molecule has 0 radical (unpaired) electrons. The highest BCUT2D eigenvalue weighted by molar-refractivity contribution is 6.68. The van der Waals surface area contributed by atoms with Crippen molar-refractivity contribution in [2.45, 2.75) is 6.92 Å². The molecule has 0 bridgehead atoms. The maximum absolute atomic E-state index is 13.1. The lowest BCUT2D eigenvalue weighted by Crippen LogP contribution is -2.01. The van der Waals surface area contributed by atoms with E-state index in [4.69, 9.17) is 16.3 Å². The molecule has 0 amide bonds. The van der Waals surface area contributed by atoms with Crippen LogP contribution in [0.2, 0.25) is 0 Å². The fraction of sp³-hybridized carbons (Fsp3) is 0.222. The second kappa shape index (κ2) is 3.75. The Morgan fingerprint density at radius 3 is 2.54 bits per heavy atom. The normalized spacial score (nSPS) is 9.85. The zero-order valence-electron chi connectivity index (χ0n) is 7.23. The van der Waals surface area contributed by atoms with Gasteiger partial charge in [0, 0.05) is 0 Å². The largest absolute Gasteiger partial charge is 0.496 e. The van der Waals surface area contributed by atoms with Crippen molar-refractivity contribution in [2.75, 3.05) is 7.11 Å². The quantitative estimate of drug-likeness (QED) is 0.689. The second-order valence-electron chi connectivity index (χ2n) is 2.55. The molecule has 0 heterocycles. The number of rotatable bonds is 2. The summed E-state index contributed by atoms with van der Waals surface area (Å²) in [7, 11) is 1.37. The van der Waals surface area contributed by atoms with Gasteiger partial charge in [0.15, 0.2) is 0 Å². The smallest absolute Gasteiger partial charge is 0.259 e. The third-order valence-electron chi connectivity index (χ3n) is 1.70. The SMILES string of the molecule is COc1c(C)ccc(F)c1C(=O)Cl. The second-order valence-corrected chi connectivity index (χ2v) is 2.89. The third-order valence-corrected chi connectivity index (χ3v) is 1.89. The molecule has 1 aromatic carbocycles. The molecule has 0 atom stereocenters. The van der Waals surface area contributed by atoms with Crippen molar-refractivity contribution in [1.29, 1.82) is 0 Å². The highest BCUT2D eigenvalue weighted by Gasteiger charge is 2.17. The first-order chi connectivity index (χ1) is 6.07. The molecule has 0 saturated carbocycles. The Hall–Kier alpha value is -1.09. The zero-order valence-corrected chi connectivity index (χ0v) is 7.98. The Labute approximate surface area is 80.3 Å². The summed E-state index contributed by atoms with van der Waals surface area (Å²) in [6.07, 6.45) is 0. The average Bonchev–Trinajstić information content (AvgIpc) is 2.07. The molecule has 4 heteroatoms. The maximum atomic E-state index is 13.1. The number of carbonyl (C=O) groups is 1. The van der Waals surface area contributed by atoms with Crippen LogP contribution in [0.5, 0.6) is 5.75 Å². The molecule has 70 valence electrons. The van der Waals surface area contributed by atoms with Gasteiger partial charge in [-0.05, 0) is 30.2 Å². The molecule has 0 aliphatic carbocycles. The number of aryl methyl sites for hydroxylation is 1. The standard InChI is InChI=1S/C9H8ClFO2/c1-5-3-4-6(11)7(9(10)12)8(5)13-2/h3-4H,1-2H3. The van der Waals surface area contributed by atoms with Crippen LogP contribution >= 0.6 is 11.6 Å². The highest BCUT2D eigenvalue weighted by Crippen LogP contribution is 2.26. The fourth-order valence-electron chi connectivity index (χ4n) is 1.11. The summed E-state index contributed by atoms with van der Waals surface area (Å²) >= 11 is 5.21. The molecule has 0 saturated heterocycles. The Balaban J connectivity index is 3.43. The fourth-order valence-corrected chi connectivity index (χ4v) is 1.29. The summed E-state index contributed by atoms with van der Waals surface area (Å²) in [5.74, 6) is -0.470. The molecule has 0 fully saturated rings. The summed E-state index contributed by atoms with van der Waals surface area (Å²) in [4.78, 5) is 10.8. The van der Waals surface area contributed by atoms with E-state index in [0.717, 1.165) is 0 Å². The van der Waals surface area contributed by atoms with Crippen molar-refractivity contribution >= 4 is 16.8 Å². The molecule has 2 nitrogen and oxygen atoms in total. The van der Waals surface area contributed by atoms with Gasteiger partial charge in [-0.3, -0.25) is 4.79 Å². The van der Waals surface area contributed by atoms with Crippen molar-refractivity contribution in [3.8, 4) is 5.75 Å². The summed E-state index contributed by atoms with van der Waals surface area (Å²) in [6.45, 7) is 1.71. The minimum absolute atomic E-state index is 0.194.